The number of nitrogens with one attached hydrogen (secondary N) is 2. The molecule has 0 aliphatic heterocycles. The normalized spacial score (nSPS) is 10.2. The summed E-state index contributed by atoms with van der Waals surface area (Å²) in [6, 6.07) is 8.44. The number of pyridine rings is 2. The number of aromatic amines is 1. The second-order valence-corrected chi connectivity index (χ2v) is 3.69. The molecule has 2 rings (SSSR count). The third kappa shape index (κ3) is 3.05. The Morgan fingerprint density at radius 2 is 2.21 bits per heavy atom. The number of rotatable bonds is 4. The summed E-state index contributed by atoms with van der Waals surface area (Å²) >= 11 is 0. The van der Waals surface area contributed by atoms with Crippen molar-refractivity contribution >= 4 is 5.91 Å². The second-order valence-electron chi connectivity index (χ2n) is 3.69. The Labute approximate surface area is 109 Å². The van der Waals surface area contributed by atoms with Crippen molar-refractivity contribution in [3.05, 3.63) is 52.4 Å². The highest BCUT2D eigenvalue weighted by atomic mass is 16.6. The largest absolute Gasteiger partial charge is 0.320 e. The summed E-state index contributed by atoms with van der Waals surface area (Å²) in [4.78, 5) is 34.9. The summed E-state index contributed by atoms with van der Waals surface area (Å²) in [5.41, 5.74) is 2.87. The lowest BCUT2D eigenvalue weighted by Gasteiger charge is -2.04. The van der Waals surface area contributed by atoms with Crippen LogP contribution in [0.3, 0.4) is 0 Å². The average molecular weight is 259 g/mol. The SMILES string of the molecule is CCONC(=O)c1ccc(-c2ccccn2)[nH]c1=O. The molecule has 2 aromatic rings. The van der Waals surface area contributed by atoms with Crippen molar-refractivity contribution in [2.24, 2.45) is 0 Å². The number of carbonyl (C=O) groups excluding carboxylic acids is 1. The Kier molecular flexibility index (Phi) is 4.04. The number of hydrogen-bond acceptors (Lipinski definition) is 4. The zero-order chi connectivity index (χ0) is 13.7. The van der Waals surface area contributed by atoms with Gasteiger partial charge in [0.2, 0.25) is 0 Å². The number of amides is 1. The number of aromatic nitrogens is 2. The van der Waals surface area contributed by atoms with Gasteiger partial charge < -0.3 is 4.98 Å². The maximum absolute atomic E-state index is 11.8. The van der Waals surface area contributed by atoms with Crippen molar-refractivity contribution in [2.45, 2.75) is 6.92 Å². The molecular weight excluding hydrogens is 246 g/mol. The minimum atomic E-state index is -0.573. The second kappa shape index (κ2) is 5.92. The average Bonchev–Trinajstić information content (AvgIpc) is 2.45. The van der Waals surface area contributed by atoms with Gasteiger partial charge in [-0.15, -0.1) is 0 Å². The van der Waals surface area contributed by atoms with Crippen molar-refractivity contribution < 1.29 is 9.63 Å². The first-order valence-corrected chi connectivity index (χ1v) is 5.79. The van der Waals surface area contributed by atoms with Gasteiger partial charge in [0.25, 0.3) is 11.5 Å². The molecule has 1 amide bonds. The highest BCUT2D eigenvalue weighted by Gasteiger charge is 2.11. The molecule has 6 nitrogen and oxygen atoms in total. The van der Waals surface area contributed by atoms with E-state index in [1.807, 2.05) is 6.07 Å². The van der Waals surface area contributed by atoms with Crippen LogP contribution < -0.4 is 11.0 Å². The molecule has 0 bridgehead atoms. The monoisotopic (exact) mass is 259 g/mol. The fourth-order valence-electron chi connectivity index (χ4n) is 1.52. The van der Waals surface area contributed by atoms with Gasteiger partial charge in [0.05, 0.1) is 18.0 Å². The maximum atomic E-state index is 11.8. The number of nitrogens with zero attached hydrogens (tertiary/aromatic N) is 1. The summed E-state index contributed by atoms with van der Waals surface area (Å²) < 4.78 is 0. The van der Waals surface area contributed by atoms with E-state index in [4.69, 9.17) is 4.84 Å². The molecule has 2 heterocycles. The topological polar surface area (TPSA) is 84.1 Å². The standard InChI is InChI=1S/C13H13N3O3/c1-2-19-16-13(18)9-6-7-11(15-12(9)17)10-5-3-4-8-14-10/h3-8H,2H2,1H3,(H,15,17)(H,16,18). The minimum Gasteiger partial charge on any atom is -0.320 e. The predicted molar refractivity (Wildman–Crippen MR) is 69.4 cm³/mol. The highest BCUT2D eigenvalue weighted by molar-refractivity contribution is 5.93. The van der Waals surface area contributed by atoms with Gasteiger partial charge in [-0.25, -0.2) is 5.48 Å². The summed E-state index contributed by atoms with van der Waals surface area (Å²) in [6.07, 6.45) is 1.63. The van der Waals surface area contributed by atoms with Gasteiger partial charge in [0.1, 0.15) is 5.56 Å². The van der Waals surface area contributed by atoms with E-state index in [2.05, 4.69) is 15.4 Å². The summed E-state index contributed by atoms with van der Waals surface area (Å²) in [5, 5.41) is 0. The van der Waals surface area contributed by atoms with Gasteiger partial charge >= 0.3 is 0 Å². The van der Waals surface area contributed by atoms with E-state index in [0.29, 0.717) is 18.0 Å². The zero-order valence-corrected chi connectivity index (χ0v) is 10.3. The Morgan fingerprint density at radius 1 is 1.37 bits per heavy atom. The van der Waals surface area contributed by atoms with Gasteiger partial charge in [-0.3, -0.25) is 19.4 Å². The highest BCUT2D eigenvalue weighted by Crippen LogP contribution is 2.11. The number of H-pyrrole nitrogens is 1. The molecule has 98 valence electrons. The fourth-order valence-corrected chi connectivity index (χ4v) is 1.52. The van der Waals surface area contributed by atoms with Crippen LogP contribution in [0.2, 0.25) is 0 Å². The van der Waals surface area contributed by atoms with Crippen LogP contribution in [-0.4, -0.2) is 22.5 Å². The summed E-state index contributed by atoms with van der Waals surface area (Å²) in [5.74, 6) is -0.573. The van der Waals surface area contributed by atoms with Crippen molar-refractivity contribution in [1.29, 1.82) is 0 Å². The molecule has 0 aliphatic rings. The quantitative estimate of drug-likeness (QED) is 0.806. The Balaban J connectivity index is 2.28. The predicted octanol–water partition coefficient (Wildman–Crippen LogP) is 1.12. The molecule has 19 heavy (non-hydrogen) atoms. The smallest absolute Gasteiger partial charge is 0.280 e. The molecule has 0 aliphatic carbocycles. The molecule has 0 unspecified atom stereocenters. The third-order valence-electron chi connectivity index (χ3n) is 2.40. The van der Waals surface area contributed by atoms with E-state index in [0.717, 1.165) is 0 Å². The van der Waals surface area contributed by atoms with Crippen LogP contribution in [0.25, 0.3) is 11.4 Å². The van der Waals surface area contributed by atoms with Crippen molar-refractivity contribution in [3.63, 3.8) is 0 Å². The molecule has 0 saturated carbocycles. The summed E-state index contributed by atoms with van der Waals surface area (Å²) in [6.45, 7) is 2.06. The number of hydroxylamine groups is 1. The van der Waals surface area contributed by atoms with Gasteiger partial charge in [0.15, 0.2) is 0 Å². The summed E-state index contributed by atoms with van der Waals surface area (Å²) in [7, 11) is 0. The first-order chi connectivity index (χ1) is 9.22. The Morgan fingerprint density at radius 3 is 2.84 bits per heavy atom. The molecule has 2 N–H and O–H groups in total. The van der Waals surface area contributed by atoms with Gasteiger partial charge in [-0.2, -0.15) is 0 Å². The maximum Gasteiger partial charge on any atom is 0.280 e. The molecule has 0 atom stereocenters. The van der Waals surface area contributed by atoms with Crippen molar-refractivity contribution in [2.75, 3.05) is 6.61 Å². The van der Waals surface area contributed by atoms with E-state index in [1.54, 1.807) is 31.3 Å². The number of hydrogen-bond donors (Lipinski definition) is 2. The lowest BCUT2D eigenvalue weighted by Crippen LogP contribution is -2.29. The van der Waals surface area contributed by atoms with Crippen LogP contribution in [-0.2, 0) is 4.84 Å². The molecule has 0 saturated heterocycles. The molecular formula is C13H13N3O3. The van der Waals surface area contributed by atoms with Gasteiger partial charge in [-0.05, 0) is 31.2 Å². The van der Waals surface area contributed by atoms with E-state index in [1.165, 1.54) is 6.07 Å². The van der Waals surface area contributed by atoms with E-state index in [-0.39, 0.29) is 5.56 Å². The van der Waals surface area contributed by atoms with E-state index < -0.39 is 11.5 Å². The van der Waals surface area contributed by atoms with Gasteiger partial charge in [-0.1, -0.05) is 6.07 Å². The van der Waals surface area contributed by atoms with E-state index in [9.17, 15) is 9.59 Å². The first-order valence-electron chi connectivity index (χ1n) is 5.79. The zero-order valence-electron chi connectivity index (χ0n) is 10.3. The van der Waals surface area contributed by atoms with Crippen LogP contribution in [0.15, 0.2) is 41.3 Å². The van der Waals surface area contributed by atoms with Crippen molar-refractivity contribution in [3.8, 4) is 11.4 Å². The molecule has 0 spiro atoms. The fraction of sp³-hybridized carbons (Fsp3) is 0.154. The lowest BCUT2D eigenvalue weighted by atomic mass is 10.2. The minimum absolute atomic E-state index is 0.00636. The van der Waals surface area contributed by atoms with Crippen LogP contribution >= 0.6 is 0 Å². The molecule has 6 heteroatoms. The van der Waals surface area contributed by atoms with Crippen LogP contribution in [0.5, 0.6) is 0 Å². The van der Waals surface area contributed by atoms with Gasteiger partial charge in [0, 0.05) is 6.20 Å². The lowest BCUT2D eigenvalue weighted by molar-refractivity contribution is 0.0363. The van der Waals surface area contributed by atoms with Crippen LogP contribution in [0, 0.1) is 0 Å². The van der Waals surface area contributed by atoms with Crippen LogP contribution in [0.1, 0.15) is 17.3 Å². The Bertz CT molecular complexity index is 623. The van der Waals surface area contributed by atoms with Crippen LogP contribution in [0.4, 0.5) is 0 Å². The molecule has 0 fully saturated rings. The van der Waals surface area contributed by atoms with E-state index >= 15 is 0 Å². The molecule has 2 aromatic heterocycles. The third-order valence-corrected chi connectivity index (χ3v) is 2.40. The first kappa shape index (κ1) is 13.0. The number of carbonyl (C=O) groups is 1. The molecule has 0 aromatic carbocycles. The Hall–Kier alpha value is -2.47. The molecule has 0 radical (unpaired) electrons. The van der Waals surface area contributed by atoms with Crippen molar-refractivity contribution in [1.82, 2.24) is 15.4 Å².